The number of morpholine rings is 1. The van der Waals surface area contributed by atoms with Crippen molar-refractivity contribution in [3.63, 3.8) is 0 Å². The van der Waals surface area contributed by atoms with E-state index in [1.807, 2.05) is 18.7 Å². The summed E-state index contributed by atoms with van der Waals surface area (Å²) >= 11 is 0. The molecule has 0 aromatic carbocycles. The van der Waals surface area contributed by atoms with Gasteiger partial charge in [0.1, 0.15) is 0 Å². The Morgan fingerprint density at radius 1 is 1.43 bits per heavy atom. The lowest BCUT2D eigenvalue weighted by Gasteiger charge is -2.26. The van der Waals surface area contributed by atoms with Crippen LogP contribution >= 0.6 is 0 Å². The van der Waals surface area contributed by atoms with Crippen LogP contribution in [0.25, 0.3) is 0 Å². The van der Waals surface area contributed by atoms with E-state index in [1.165, 1.54) is 5.69 Å². The summed E-state index contributed by atoms with van der Waals surface area (Å²) < 4.78 is 7.27. The molecule has 1 aliphatic rings. The average Bonchev–Trinajstić information content (AvgIpc) is 2.47. The molecular formula is C10H17N3O. The van der Waals surface area contributed by atoms with E-state index < -0.39 is 0 Å². The summed E-state index contributed by atoms with van der Waals surface area (Å²) in [5, 5.41) is 4.34. The van der Waals surface area contributed by atoms with Crippen molar-refractivity contribution in [3.8, 4) is 0 Å². The van der Waals surface area contributed by atoms with Crippen molar-refractivity contribution in [1.82, 2.24) is 14.7 Å². The predicted octanol–water partition coefficient (Wildman–Crippen LogP) is 0.561. The number of aromatic nitrogens is 2. The summed E-state index contributed by atoms with van der Waals surface area (Å²) in [6.07, 6.45) is 0. The number of ether oxygens (including phenoxy) is 1. The van der Waals surface area contributed by atoms with Gasteiger partial charge in [0.15, 0.2) is 0 Å². The summed E-state index contributed by atoms with van der Waals surface area (Å²) in [6.45, 7) is 6.80. The third-order valence-corrected chi connectivity index (χ3v) is 2.59. The minimum absolute atomic E-state index is 0.858. The number of hydrogen-bond acceptors (Lipinski definition) is 3. The first-order valence-corrected chi connectivity index (χ1v) is 5.05. The largest absolute Gasteiger partial charge is 0.379 e. The number of rotatable bonds is 2. The van der Waals surface area contributed by atoms with Gasteiger partial charge in [0.25, 0.3) is 0 Å². The van der Waals surface area contributed by atoms with Crippen LogP contribution in [-0.2, 0) is 18.3 Å². The van der Waals surface area contributed by atoms with Gasteiger partial charge >= 0.3 is 0 Å². The Kier molecular flexibility index (Phi) is 2.84. The van der Waals surface area contributed by atoms with Gasteiger partial charge in [-0.15, -0.1) is 0 Å². The van der Waals surface area contributed by atoms with Gasteiger partial charge in [-0.25, -0.2) is 0 Å². The van der Waals surface area contributed by atoms with E-state index in [-0.39, 0.29) is 0 Å². The lowest BCUT2D eigenvalue weighted by atomic mass is 10.3. The molecule has 0 saturated carbocycles. The van der Waals surface area contributed by atoms with Crippen LogP contribution in [0, 0.1) is 6.92 Å². The Labute approximate surface area is 84.5 Å². The van der Waals surface area contributed by atoms with Crippen LogP contribution in [0.15, 0.2) is 6.07 Å². The molecule has 0 atom stereocenters. The molecule has 0 unspecified atom stereocenters. The first kappa shape index (κ1) is 9.68. The van der Waals surface area contributed by atoms with Gasteiger partial charge in [-0.3, -0.25) is 9.58 Å². The molecule has 0 spiro atoms. The first-order chi connectivity index (χ1) is 6.75. The maximum Gasteiger partial charge on any atom is 0.0597 e. The fraction of sp³-hybridized carbons (Fsp3) is 0.700. The second kappa shape index (κ2) is 4.11. The van der Waals surface area contributed by atoms with Gasteiger partial charge in [-0.2, -0.15) is 5.10 Å². The van der Waals surface area contributed by atoms with Crippen molar-refractivity contribution >= 4 is 0 Å². The molecule has 2 rings (SSSR count). The highest BCUT2D eigenvalue weighted by Gasteiger charge is 2.12. The molecule has 0 N–H and O–H groups in total. The van der Waals surface area contributed by atoms with Crippen LogP contribution in [0.5, 0.6) is 0 Å². The van der Waals surface area contributed by atoms with Crippen molar-refractivity contribution in [1.29, 1.82) is 0 Å². The van der Waals surface area contributed by atoms with Crippen LogP contribution in [0.2, 0.25) is 0 Å². The first-order valence-electron chi connectivity index (χ1n) is 5.05. The van der Waals surface area contributed by atoms with Gasteiger partial charge in [0.05, 0.1) is 24.6 Å². The quantitative estimate of drug-likeness (QED) is 0.691. The molecule has 1 aromatic rings. The van der Waals surface area contributed by atoms with E-state index in [9.17, 15) is 0 Å². The Bertz CT molecular complexity index is 302. The lowest BCUT2D eigenvalue weighted by Crippen LogP contribution is -2.36. The monoisotopic (exact) mass is 195 g/mol. The maximum atomic E-state index is 5.31. The summed E-state index contributed by atoms with van der Waals surface area (Å²) in [4.78, 5) is 2.40. The highest BCUT2D eigenvalue weighted by atomic mass is 16.5. The van der Waals surface area contributed by atoms with Gasteiger partial charge in [0, 0.05) is 26.7 Å². The van der Waals surface area contributed by atoms with E-state index in [1.54, 1.807) is 0 Å². The third-order valence-electron chi connectivity index (χ3n) is 2.59. The highest BCUT2D eigenvalue weighted by molar-refractivity contribution is 5.08. The topological polar surface area (TPSA) is 30.3 Å². The zero-order valence-electron chi connectivity index (χ0n) is 8.86. The Morgan fingerprint density at radius 3 is 2.71 bits per heavy atom. The molecular weight excluding hydrogens is 178 g/mol. The normalized spacial score (nSPS) is 18.7. The SMILES string of the molecule is Cc1cc(CN2CCOCC2)n(C)n1. The molecule has 4 nitrogen and oxygen atoms in total. The van der Waals surface area contributed by atoms with Crippen LogP contribution in [-0.4, -0.2) is 41.0 Å². The zero-order valence-corrected chi connectivity index (χ0v) is 8.86. The molecule has 0 bridgehead atoms. The van der Waals surface area contributed by atoms with E-state index in [0.29, 0.717) is 0 Å². The van der Waals surface area contributed by atoms with Crippen molar-refractivity contribution in [2.24, 2.45) is 7.05 Å². The Hall–Kier alpha value is -0.870. The number of hydrogen-bond donors (Lipinski definition) is 0. The molecule has 0 radical (unpaired) electrons. The van der Waals surface area contributed by atoms with Gasteiger partial charge < -0.3 is 4.74 Å². The maximum absolute atomic E-state index is 5.31. The molecule has 1 saturated heterocycles. The van der Waals surface area contributed by atoms with Crippen LogP contribution in [0.3, 0.4) is 0 Å². The molecule has 2 heterocycles. The van der Waals surface area contributed by atoms with Crippen molar-refractivity contribution < 1.29 is 4.74 Å². The van der Waals surface area contributed by atoms with Crippen molar-refractivity contribution in [2.75, 3.05) is 26.3 Å². The molecule has 14 heavy (non-hydrogen) atoms. The van der Waals surface area contributed by atoms with E-state index >= 15 is 0 Å². The van der Waals surface area contributed by atoms with Crippen molar-refractivity contribution in [3.05, 3.63) is 17.5 Å². The van der Waals surface area contributed by atoms with Crippen LogP contribution in [0.1, 0.15) is 11.4 Å². The number of aryl methyl sites for hydroxylation is 2. The minimum atomic E-state index is 0.858. The summed E-state index contributed by atoms with van der Waals surface area (Å²) in [7, 11) is 2.00. The Balaban J connectivity index is 1.98. The predicted molar refractivity (Wildman–Crippen MR) is 54.0 cm³/mol. The molecule has 0 aliphatic carbocycles. The number of nitrogens with zero attached hydrogens (tertiary/aromatic N) is 3. The summed E-state index contributed by atoms with van der Waals surface area (Å²) in [5.41, 5.74) is 2.38. The second-order valence-corrected chi connectivity index (χ2v) is 3.79. The molecule has 1 aliphatic heterocycles. The van der Waals surface area contributed by atoms with Crippen LogP contribution in [0.4, 0.5) is 0 Å². The van der Waals surface area contributed by atoms with E-state index in [4.69, 9.17) is 4.74 Å². The second-order valence-electron chi connectivity index (χ2n) is 3.79. The lowest BCUT2D eigenvalue weighted by molar-refractivity contribution is 0.0331. The standard InChI is InChI=1S/C10H17N3O/c1-9-7-10(12(2)11-9)8-13-3-5-14-6-4-13/h7H,3-6,8H2,1-2H3. The molecule has 0 amide bonds. The summed E-state index contributed by atoms with van der Waals surface area (Å²) in [5.74, 6) is 0. The smallest absolute Gasteiger partial charge is 0.0597 e. The third kappa shape index (κ3) is 2.13. The van der Waals surface area contributed by atoms with E-state index in [2.05, 4.69) is 16.1 Å². The highest BCUT2D eigenvalue weighted by Crippen LogP contribution is 2.07. The molecule has 1 fully saturated rings. The van der Waals surface area contributed by atoms with Gasteiger partial charge in [0.2, 0.25) is 0 Å². The minimum Gasteiger partial charge on any atom is -0.379 e. The summed E-state index contributed by atoms with van der Waals surface area (Å²) in [6, 6.07) is 2.15. The molecule has 4 heteroatoms. The fourth-order valence-electron chi connectivity index (χ4n) is 1.80. The van der Waals surface area contributed by atoms with Crippen molar-refractivity contribution in [2.45, 2.75) is 13.5 Å². The van der Waals surface area contributed by atoms with Crippen LogP contribution < -0.4 is 0 Å². The zero-order chi connectivity index (χ0) is 9.97. The Morgan fingerprint density at radius 2 is 2.14 bits per heavy atom. The van der Waals surface area contributed by atoms with E-state index in [0.717, 1.165) is 38.5 Å². The van der Waals surface area contributed by atoms with Gasteiger partial charge in [-0.1, -0.05) is 0 Å². The van der Waals surface area contributed by atoms with Gasteiger partial charge in [-0.05, 0) is 13.0 Å². The fourth-order valence-corrected chi connectivity index (χ4v) is 1.80. The molecule has 78 valence electrons. The molecule has 1 aromatic heterocycles. The average molecular weight is 195 g/mol.